The van der Waals surface area contributed by atoms with Crippen molar-refractivity contribution >= 4 is 5.91 Å². The molecule has 1 heterocycles. The number of carbonyl (C=O) groups excluding carboxylic acids is 1. The lowest BCUT2D eigenvalue weighted by molar-refractivity contribution is 0.0915. The maximum absolute atomic E-state index is 13.1. The van der Waals surface area contributed by atoms with E-state index in [0.29, 0.717) is 18.0 Å². The number of aromatic nitrogens is 2. The van der Waals surface area contributed by atoms with Gasteiger partial charge in [0.15, 0.2) is 0 Å². The number of hydrogen-bond acceptors (Lipinski definition) is 3. The molecule has 0 aliphatic heterocycles. The van der Waals surface area contributed by atoms with Crippen LogP contribution < -0.4 is 11.1 Å². The van der Waals surface area contributed by atoms with Crippen LogP contribution in [0.2, 0.25) is 0 Å². The molecule has 0 bridgehead atoms. The molecule has 1 unspecified atom stereocenters. The summed E-state index contributed by atoms with van der Waals surface area (Å²) < 4.78 is 14.7. The van der Waals surface area contributed by atoms with E-state index in [-0.39, 0.29) is 17.8 Å². The fourth-order valence-electron chi connectivity index (χ4n) is 3.63. The van der Waals surface area contributed by atoms with E-state index in [2.05, 4.69) is 10.4 Å². The zero-order valence-corrected chi connectivity index (χ0v) is 14.5. The number of carbonyl (C=O) groups is 1. The molecule has 1 fully saturated rings. The second-order valence-corrected chi connectivity index (χ2v) is 6.75. The summed E-state index contributed by atoms with van der Waals surface area (Å²) in [5.41, 5.74) is 7.88. The highest BCUT2D eigenvalue weighted by Gasteiger charge is 2.25. The summed E-state index contributed by atoms with van der Waals surface area (Å²) in [5, 5.41) is 7.37. The first kappa shape index (κ1) is 17.6. The molecule has 1 aliphatic rings. The van der Waals surface area contributed by atoms with Gasteiger partial charge >= 0.3 is 0 Å². The first-order valence-corrected chi connectivity index (χ1v) is 8.91. The molecule has 1 aromatic carbocycles. The predicted molar refractivity (Wildman–Crippen MR) is 95.1 cm³/mol. The Labute approximate surface area is 147 Å². The number of hydrogen-bond donors (Lipinski definition) is 2. The number of amides is 1. The molecule has 6 heteroatoms. The summed E-state index contributed by atoms with van der Waals surface area (Å²) >= 11 is 0. The molecule has 0 radical (unpaired) electrons. The van der Waals surface area contributed by atoms with Crippen molar-refractivity contribution in [3.63, 3.8) is 0 Å². The van der Waals surface area contributed by atoms with Crippen molar-refractivity contribution in [2.75, 3.05) is 6.54 Å². The minimum Gasteiger partial charge on any atom is -0.348 e. The van der Waals surface area contributed by atoms with Gasteiger partial charge < -0.3 is 11.1 Å². The Kier molecular flexibility index (Phi) is 5.48. The monoisotopic (exact) mass is 344 g/mol. The van der Waals surface area contributed by atoms with Crippen molar-refractivity contribution in [1.82, 2.24) is 15.1 Å². The lowest BCUT2D eigenvalue weighted by Crippen LogP contribution is -2.46. The molecule has 25 heavy (non-hydrogen) atoms. The maximum atomic E-state index is 13.1. The van der Waals surface area contributed by atoms with Gasteiger partial charge in [0.25, 0.3) is 5.91 Å². The molecular weight excluding hydrogens is 319 g/mol. The second kappa shape index (κ2) is 7.78. The van der Waals surface area contributed by atoms with Crippen LogP contribution in [0.5, 0.6) is 0 Å². The zero-order chi connectivity index (χ0) is 17.8. The maximum Gasteiger partial charge on any atom is 0.255 e. The summed E-state index contributed by atoms with van der Waals surface area (Å²) in [6.07, 6.45) is 7.48. The van der Waals surface area contributed by atoms with E-state index < -0.39 is 0 Å². The zero-order valence-electron chi connectivity index (χ0n) is 14.5. The molecule has 5 nitrogen and oxygen atoms in total. The third-order valence-corrected chi connectivity index (χ3v) is 5.11. The van der Waals surface area contributed by atoms with Gasteiger partial charge in [0.1, 0.15) is 5.82 Å². The van der Waals surface area contributed by atoms with E-state index in [1.165, 1.54) is 31.4 Å². The van der Waals surface area contributed by atoms with Crippen LogP contribution in [0.4, 0.5) is 4.39 Å². The third-order valence-electron chi connectivity index (χ3n) is 5.11. The molecule has 0 saturated heterocycles. The minimum atomic E-state index is -0.301. The topological polar surface area (TPSA) is 72.9 Å². The Morgan fingerprint density at radius 1 is 1.32 bits per heavy atom. The summed E-state index contributed by atoms with van der Waals surface area (Å²) in [6.45, 7) is 2.28. The Balaban J connectivity index is 1.75. The number of nitrogens with two attached hydrogens (primary N) is 1. The molecule has 1 aromatic heterocycles. The van der Waals surface area contributed by atoms with Crippen LogP contribution in [0.15, 0.2) is 30.5 Å². The average Bonchev–Trinajstić information content (AvgIpc) is 3.02. The van der Waals surface area contributed by atoms with Gasteiger partial charge in [0.2, 0.25) is 0 Å². The highest BCUT2D eigenvalue weighted by atomic mass is 19.1. The highest BCUT2D eigenvalue weighted by molar-refractivity contribution is 5.95. The molecule has 1 amide bonds. The Bertz CT molecular complexity index is 720. The first-order valence-electron chi connectivity index (χ1n) is 8.91. The van der Waals surface area contributed by atoms with E-state index >= 15 is 0 Å². The molecule has 1 saturated carbocycles. The van der Waals surface area contributed by atoms with Gasteiger partial charge in [0.05, 0.1) is 23.1 Å². The third kappa shape index (κ3) is 3.90. The van der Waals surface area contributed by atoms with Crippen LogP contribution in [0.25, 0.3) is 5.69 Å². The van der Waals surface area contributed by atoms with Gasteiger partial charge in [-0.15, -0.1) is 0 Å². The molecule has 1 aliphatic carbocycles. The van der Waals surface area contributed by atoms with Gasteiger partial charge in [-0.1, -0.05) is 19.3 Å². The van der Waals surface area contributed by atoms with Crippen LogP contribution in [0, 0.1) is 18.7 Å². The minimum absolute atomic E-state index is 0.00127. The van der Waals surface area contributed by atoms with Crippen molar-refractivity contribution in [1.29, 1.82) is 0 Å². The largest absolute Gasteiger partial charge is 0.348 e. The van der Waals surface area contributed by atoms with Gasteiger partial charge in [-0.25, -0.2) is 9.07 Å². The van der Waals surface area contributed by atoms with Crippen LogP contribution in [0.1, 0.15) is 48.2 Å². The second-order valence-electron chi connectivity index (χ2n) is 6.75. The van der Waals surface area contributed by atoms with Crippen molar-refractivity contribution < 1.29 is 9.18 Å². The van der Waals surface area contributed by atoms with Crippen molar-refractivity contribution in [3.8, 4) is 5.69 Å². The Hall–Kier alpha value is -2.21. The highest BCUT2D eigenvalue weighted by Crippen LogP contribution is 2.26. The lowest BCUT2D eigenvalue weighted by atomic mass is 9.84. The van der Waals surface area contributed by atoms with Gasteiger partial charge in [-0.2, -0.15) is 5.10 Å². The van der Waals surface area contributed by atoms with Crippen molar-refractivity contribution in [2.45, 2.75) is 45.1 Å². The van der Waals surface area contributed by atoms with Crippen LogP contribution in [-0.2, 0) is 0 Å². The van der Waals surface area contributed by atoms with Crippen LogP contribution >= 0.6 is 0 Å². The van der Waals surface area contributed by atoms with Crippen molar-refractivity contribution in [3.05, 3.63) is 47.5 Å². The smallest absolute Gasteiger partial charge is 0.255 e. The SMILES string of the molecule is Cc1c(C(=O)NC(CN)C2CCCCC2)cnn1-c1ccc(F)cc1. The number of rotatable bonds is 5. The predicted octanol–water partition coefficient (Wildman–Crippen LogP) is 2.96. The fourth-order valence-corrected chi connectivity index (χ4v) is 3.63. The standard InChI is InChI=1S/C19H25FN4O/c1-13-17(12-22-24(13)16-9-7-15(20)8-10-16)19(25)23-18(11-21)14-5-3-2-4-6-14/h7-10,12,14,18H,2-6,11,21H2,1H3,(H,23,25). The van der Waals surface area contributed by atoms with Gasteiger partial charge in [-0.3, -0.25) is 4.79 Å². The lowest BCUT2D eigenvalue weighted by Gasteiger charge is -2.30. The number of benzene rings is 1. The summed E-state index contributed by atoms with van der Waals surface area (Å²) in [7, 11) is 0. The Morgan fingerprint density at radius 2 is 2.00 bits per heavy atom. The van der Waals surface area contributed by atoms with E-state index in [9.17, 15) is 9.18 Å². The number of nitrogens with zero attached hydrogens (tertiary/aromatic N) is 2. The average molecular weight is 344 g/mol. The van der Waals surface area contributed by atoms with Crippen LogP contribution in [0.3, 0.4) is 0 Å². The van der Waals surface area contributed by atoms with Crippen molar-refractivity contribution in [2.24, 2.45) is 11.7 Å². The van der Waals surface area contributed by atoms with Gasteiger partial charge in [0, 0.05) is 12.6 Å². The Morgan fingerprint density at radius 3 is 2.64 bits per heavy atom. The van der Waals surface area contributed by atoms with E-state index in [1.54, 1.807) is 23.0 Å². The summed E-state index contributed by atoms with van der Waals surface area (Å²) in [5.74, 6) is 0.00632. The fraction of sp³-hybridized carbons (Fsp3) is 0.474. The van der Waals surface area contributed by atoms with E-state index in [4.69, 9.17) is 5.73 Å². The summed E-state index contributed by atoms with van der Waals surface area (Å²) in [4.78, 5) is 12.7. The van der Waals surface area contributed by atoms with Gasteiger partial charge in [-0.05, 0) is 49.9 Å². The molecule has 0 spiro atoms. The number of halogens is 1. The van der Waals surface area contributed by atoms with E-state index in [0.717, 1.165) is 24.2 Å². The van der Waals surface area contributed by atoms with E-state index in [1.807, 2.05) is 6.92 Å². The summed E-state index contributed by atoms with van der Waals surface area (Å²) in [6, 6.07) is 6.04. The molecule has 2 aromatic rings. The quantitative estimate of drug-likeness (QED) is 0.876. The molecule has 134 valence electrons. The first-order chi connectivity index (χ1) is 12.1. The number of nitrogens with one attached hydrogen (secondary N) is 1. The molecular formula is C19H25FN4O. The molecule has 3 N–H and O–H groups in total. The molecule has 1 atom stereocenters. The van der Waals surface area contributed by atoms with Crippen LogP contribution in [-0.4, -0.2) is 28.3 Å². The molecule has 3 rings (SSSR count). The normalized spacial score (nSPS) is 16.6.